The molecular weight excluding hydrogens is 346 g/mol. The lowest BCUT2D eigenvalue weighted by Crippen LogP contribution is -2.68. The van der Waals surface area contributed by atoms with Gasteiger partial charge in [0.05, 0.1) is 18.4 Å². The zero-order chi connectivity index (χ0) is 19.2. The summed E-state index contributed by atoms with van der Waals surface area (Å²) in [5.74, 6) is -0.195. The largest absolute Gasteiger partial charge is 0.497 e. The second-order valence-electron chi connectivity index (χ2n) is 6.61. The van der Waals surface area contributed by atoms with Crippen LogP contribution in [0.2, 0.25) is 0 Å². The number of amides is 3. The van der Waals surface area contributed by atoms with Crippen LogP contribution < -0.4 is 15.0 Å². The fourth-order valence-electron chi connectivity index (χ4n) is 3.83. The molecule has 1 atom stereocenters. The third-order valence-electron chi connectivity index (χ3n) is 5.25. The van der Waals surface area contributed by atoms with Gasteiger partial charge in [-0.15, -0.1) is 0 Å². The topological polar surface area (TPSA) is 79.0 Å². The molecule has 0 aliphatic carbocycles. The Morgan fingerprint density at radius 2 is 1.81 bits per heavy atom. The van der Waals surface area contributed by atoms with Crippen molar-refractivity contribution in [3.8, 4) is 5.75 Å². The average Bonchev–Trinajstić information content (AvgIpc) is 3.05. The molecule has 138 valence electrons. The molecule has 7 nitrogen and oxygen atoms in total. The zero-order valence-electron chi connectivity index (χ0n) is 15.1. The van der Waals surface area contributed by atoms with Gasteiger partial charge in [-0.2, -0.15) is 0 Å². The number of hydrogen-bond acceptors (Lipinski definition) is 4. The Hall–Kier alpha value is -3.35. The molecule has 2 aromatic carbocycles. The third-order valence-corrected chi connectivity index (χ3v) is 5.25. The lowest BCUT2D eigenvalue weighted by Gasteiger charge is -2.47. The summed E-state index contributed by atoms with van der Waals surface area (Å²) in [5.41, 5.74) is 0.0907. The fraction of sp³-hybridized carbons (Fsp3) is 0.250. The van der Waals surface area contributed by atoms with Crippen molar-refractivity contribution in [2.75, 3.05) is 24.4 Å². The Bertz CT molecular complexity index is 940. The quantitative estimate of drug-likeness (QED) is 0.905. The highest BCUT2D eigenvalue weighted by Gasteiger charge is 2.59. The minimum absolute atomic E-state index is 0.174. The second kappa shape index (κ2) is 6.12. The Balaban J connectivity index is 1.76. The maximum Gasteiger partial charge on any atom is 0.271 e. The van der Waals surface area contributed by atoms with Gasteiger partial charge in [-0.3, -0.25) is 19.3 Å². The van der Waals surface area contributed by atoms with Crippen molar-refractivity contribution in [2.24, 2.45) is 0 Å². The van der Waals surface area contributed by atoms with Crippen LogP contribution >= 0.6 is 0 Å². The van der Waals surface area contributed by atoms with Gasteiger partial charge < -0.3 is 15.0 Å². The predicted octanol–water partition coefficient (Wildman–Crippen LogP) is 2.24. The van der Waals surface area contributed by atoms with E-state index in [2.05, 4.69) is 5.32 Å². The number of nitrogens with zero attached hydrogens (tertiary/aromatic N) is 2. The number of anilines is 2. The Kier molecular flexibility index (Phi) is 3.87. The summed E-state index contributed by atoms with van der Waals surface area (Å²) in [6.07, 6.45) is 0.437. The molecule has 27 heavy (non-hydrogen) atoms. The molecule has 2 aliphatic heterocycles. The number of ether oxygens (including phenoxy) is 1. The summed E-state index contributed by atoms with van der Waals surface area (Å²) >= 11 is 0. The number of rotatable bonds is 3. The van der Waals surface area contributed by atoms with Gasteiger partial charge in [0.1, 0.15) is 5.75 Å². The predicted molar refractivity (Wildman–Crippen MR) is 99.6 cm³/mol. The first-order valence-corrected chi connectivity index (χ1v) is 8.65. The van der Waals surface area contributed by atoms with Crippen molar-refractivity contribution >= 4 is 29.1 Å². The lowest BCUT2D eigenvalue weighted by atomic mass is 9.96. The molecule has 7 heteroatoms. The van der Waals surface area contributed by atoms with Gasteiger partial charge >= 0.3 is 0 Å². The Morgan fingerprint density at radius 1 is 1.11 bits per heavy atom. The number of methoxy groups -OCH3 is 1. The van der Waals surface area contributed by atoms with E-state index in [9.17, 15) is 14.4 Å². The zero-order valence-corrected chi connectivity index (χ0v) is 15.1. The second-order valence-corrected chi connectivity index (χ2v) is 6.61. The minimum atomic E-state index is -1.37. The molecule has 0 unspecified atom stereocenters. The van der Waals surface area contributed by atoms with Gasteiger partial charge in [-0.05, 0) is 36.4 Å². The van der Waals surface area contributed by atoms with Crippen LogP contribution in [0.5, 0.6) is 5.75 Å². The van der Waals surface area contributed by atoms with Crippen LogP contribution in [0.15, 0.2) is 48.5 Å². The first kappa shape index (κ1) is 17.1. The van der Waals surface area contributed by atoms with Crippen molar-refractivity contribution in [1.29, 1.82) is 0 Å². The van der Waals surface area contributed by atoms with Gasteiger partial charge in [-0.25, -0.2) is 0 Å². The van der Waals surface area contributed by atoms with Crippen molar-refractivity contribution in [1.82, 2.24) is 4.90 Å². The Morgan fingerprint density at radius 3 is 2.52 bits per heavy atom. The summed E-state index contributed by atoms with van der Waals surface area (Å²) in [7, 11) is 3.13. The van der Waals surface area contributed by atoms with Crippen LogP contribution in [0.1, 0.15) is 23.2 Å². The monoisotopic (exact) mass is 365 g/mol. The number of para-hydroxylation sites is 1. The maximum atomic E-state index is 13.3. The number of nitrogens with one attached hydrogen (secondary N) is 1. The van der Waals surface area contributed by atoms with E-state index in [1.54, 1.807) is 62.7 Å². The van der Waals surface area contributed by atoms with Gasteiger partial charge in [0.2, 0.25) is 11.6 Å². The molecule has 1 N–H and O–H groups in total. The number of fused-ring (bicyclic) bond motifs is 3. The Labute approximate surface area is 156 Å². The first-order valence-electron chi connectivity index (χ1n) is 8.65. The normalized spacial score (nSPS) is 21.0. The maximum absolute atomic E-state index is 13.3. The fourth-order valence-corrected chi connectivity index (χ4v) is 3.83. The highest BCUT2D eigenvalue weighted by molar-refractivity contribution is 6.18. The molecule has 4 rings (SSSR count). The van der Waals surface area contributed by atoms with Crippen LogP contribution in [0.3, 0.4) is 0 Å². The van der Waals surface area contributed by atoms with E-state index in [1.807, 2.05) is 0 Å². The highest BCUT2D eigenvalue weighted by Crippen LogP contribution is 2.44. The van der Waals surface area contributed by atoms with Crippen molar-refractivity contribution in [2.45, 2.75) is 18.5 Å². The molecule has 0 spiro atoms. The number of benzene rings is 2. The SMILES string of the molecule is COc1ccc(NC(=O)[C@@]23CCC(=O)N2c2ccccc2C(=O)N3C)cc1. The molecule has 2 heterocycles. The molecule has 0 radical (unpaired) electrons. The van der Waals surface area contributed by atoms with Gasteiger partial charge in [0.25, 0.3) is 11.8 Å². The van der Waals surface area contributed by atoms with Crippen molar-refractivity contribution in [3.63, 3.8) is 0 Å². The average molecular weight is 365 g/mol. The van der Waals surface area contributed by atoms with Crippen LogP contribution in [0, 0.1) is 0 Å². The summed E-state index contributed by atoms with van der Waals surface area (Å²) < 4.78 is 5.12. The lowest BCUT2D eigenvalue weighted by molar-refractivity contribution is -0.128. The van der Waals surface area contributed by atoms with Crippen LogP contribution in [-0.4, -0.2) is 42.4 Å². The number of carbonyl (C=O) groups excluding carboxylic acids is 3. The molecule has 2 aliphatic rings. The standard InChI is InChI=1S/C20H19N3O4/c1-22-18(25)15-5-3-4-6-16(15)23-17(24)11-12-20(22,23)19(26)21-13-7-9-14(27-2)10-8-13/h3-10H,11-12H2,1-2H3,(H,21,26)/t20-/m1/s1. The summed E-state index contributed by atoms with van der Waals surface area (Å²) in [6, 6.07) is 13.8. The van der Waals surface area contributed by atoms with Gasteiger partial charge in [0, 0.05) is 25.6 Å². The molecule has 1 saturated heterocycles. The van der Waals surface area contributed by atoms with Crippen LogP contribution in [-0.2, 0) is 9.59 Å². The van der Waals surface area contributed by atoms with Crippen molar-refractivity contribution < 1.29 is 19.1 Å². The first-order chi connectivity index (χ1) is 13.0. The molecule has 0 saturated carbocycles. The molecule has 3 amide bonds. The molecule has 0 aromatic heterocycles. The van der Waals surface area contributed by atoms with E-state index in [-0.39, 0.29) is 24.7 Å². The number of hydrogen-bond donors (Lipinski definition) is 1. The van der Waals surface area contributed by atoms with E-state index in [0.717, 1.165) is 0 Å². The molecule has 2 aromatic rings. The van der Waals surface area contributed by atoms with Crippen LogP contribution in [0.4, 0.5) is 11.4 Å². The summed E-state index contributed by atoms with van der Waals surface area (Å²) in [5, 5.41) is 2.85. The highest BCUT2D eigenvalue weighted by atomic mass is 16.5. The minimum Gasteiger partial charge on any atom is -0.497 e. The van der Waals surface area contributed by atoms with Crippen LogP contribution in [0.25, 0.3) is 0 Å². The molecule has 1 fully saturated rings. The number of likely N-dealkylation sites (N-methyl/N-ethyl adjacent to an activating group) is 1. The van der Waals surface area contributed by atoms with Gasteiger partial charge in [0.15, 0.2) is 0 Å². The summed E-state index contributed by atoms with van der Waals surface area (Å²) in [4.78, 5) is 41.7. The van der Waals surface area contributed by atoms with E-state index >= 15 is 0 Å². The number of carbonyl (C=O) groups is 3. The summed E-state index contributed by atoms with van der Waals surface area (Å²) in [6.45, 7) is 0. The van der Waals surface area contributed by atoms with E-state index in [1.165, 1.54) is 9.80 Å². The van der Waals surface area contributed by atoms with E-state index in [0.29, 0.717) is 22.7 Å². The van der Waals surface area contributed by atoms with E-state index < -0.39 is 11.6 Å². The smallest absolute Gasteiger partial charge is 0.271 e. The van der Waals surface area contributed by atoms with Gasteiger partial charge in [-0.1, -0.05) is 12.1 Å². The molecular formula is C20H19N3O4. The third kappa shape index (κ3) is 2.38. The van der Waals surface area contributed by atoms with Crippen molar-refractivity contribution in [3.05, 3.63) is 54.1 Å². The molecule has 0 bridgehead atoms. The van der Waals surface area contributed by atoms with E-state index in [4.69, 9.17) is 4.74 Å².